The molecule has 0 spiro atoms. The molecule has 1 aromatic rings. The lowest BCUT2D eigenvalue weighted by atomic mass is 9.98. The van der Waals surface area contributed by atoms with Gasteiger partial charge in [0, 0.05) is 11.9 Å². The predicted molar refractivity (Wildman–Crippen MR) is 101 cm³/mol. The largest absolute Gasteiger partial charge is 0.317 e. The molecule has 0 N–H and O–H groups in total. The first-order valence-electron chi connectivity index (χ1n) is 7.74. The van der Waals surface area contributed by atoms with Crippen molar-refractivity contribution in [1.29, 1.82) is 0 Å². The second-order valence-electron chi connectivity index (χ2n) is 5.26. The fraction of sp³-hybridized carbons (Fsp3) is 0.0909. The third kappa shape index (κ3) is 3.89. The van der Waals surface area contributed by atoms with Crippen LogP contribution in [0.1, 0.15) is 19.4 Å². The molecule has 1 aliphatic heterocycles. The van der Waals surface area contributed by atoms with Crippen molar-refractivity contribution >= 4 is 5.57 Å². The molecule has 1 aliphatic rings. The van der Waals surface area contributed by atoms with Gasteiger partial charge < -0.3 is 4.90 Å². The zero-order valence-electron chi connectivity index (χ0n) is 13.9. The molecule has 0 saturated heterocycles. The molecule has 0 radical (unpaired) electrons. The van der Waals surface area contributed by atoms with E-state index in [1.807, 2.05) is 55.6 Å². The maximum atomic E-state index is 4.17. The van der Waals surface area contributed by atoms with E-state index in [0.29, 0.717) is 0 Å². The van der Waals surface area contributed by atoms with E-state index in [2.05, 4.69) is 55.3 Å². The molecule has 0 atom stereocenters. The molecule has 0 amide bonds. The lowest BCUT2D eigenvalue weighted by Crippen LogP contribution is -2.18. The summed E-state index contributed by atoms with van der Waals surface area (Å²) < 4.78 is 0. The molecule has 23 heavy (non-hydrogen) atoms. The Morgan fingerprint density at radius 3 is 2.48 bits per heavy atom. The third-order valence-electron chi connectivity index (χ3n) is 3.66. The van der Waals surface area contributed by atoms with Gasteiger partial charge in [0.1, 0.15) is 0 Å². The Morgan fingerprint density at radius 2 is 1.87 bits per heavy atom. The molecule has 1 nitrogen and oxygen atoms in total. The Morgan fingerprint density at radius 1 is 1.13 bits per heavy atom. The van der Waals surface area contributed by atoms with Gasteiger partial charge in [-0.3, -0.25) is 0 Å². The highest BCUT2D eigenvalue weighted by Crippen LogP contribution is 2.31. The van der Waals surface area contributed by atoms with Gasteiger partial charge in [0.25, 0.3) is 0 Å². The summed E-state index contributed by atoms with van der Waals surface area (Å²) in [6, 6.07) is 10.4. The number of benzene rings is 1. The van der Waals surface area contributed by atoms with Crippen LogP contribution >= 0.6 is 0 Å². The first kappa shape index (κ1) is 16.6. The minimum atomic E-state index is 0.942. The topological polar surface area (TPSA) is 3.24 Å². The highest BCUT2D eigenvalue weighted by molar-refractivity contribution is 5.73. The number of allylic oxidation sites excluding steroid dienone is 8. The monoisotopic (exact) mass is 301 g/mol. The van der Waals surface area contributed by atoms with Gasteiger partial charge in [-0.15, -0.1) is 0 Å². The number of hydrogen-bond acceptors (Lipinski definition) is 1. The molecule has 1 heterocycles. The van der Waals surface area contributed by atoms with Crippen molar-refractivity contribution in [3.63, 3.8) is 0 Å². The van der Waals surface area contributed by atoms with Crippen molar-refractivity contribution in [2.24, 2.45) is 0 Å². The lowest BCUT2D eigenvalue weighted by molar-refractivity contribution is 0.606. The average Bonchev–Trinajstić information content (AvgIpc) is 2.58. The minimum absolute atomic E-state index is 0.942. The molecule has 1 aromatic carbocycles. The molecular formula is C22H23N. The quantitative estimate of drug-likeness (QED) is 0.602. The van der Waals surface area contributed by atoms with E-state index in [0.717, 1.165) is 17.0 Å². The van der Waals surface area contributed by atoms with Crippen LogP contribution in [-0.2, 0) is 0 Å². The summed E-state index contributed by atoms with van der Waals surface area (Å²) in [5, 5.41) is 0. The van der Waals surface area contributed by atoms with E-state index in [1.165, 1.54) is 11.1 Å². The van der Waals surface area contributed by atoms with Crippen molar-refractivity contribution in [2.75, 3.05) is 0 Å². The standard InChI is InChI=1S/C22H23N/c1-5-12-21(13-6-2)22(23-17-11-10-14-18(23)3)19(4)20-15-8-7-9-16-20/h5-17H,1,3H2,2,4H3/b13-6-,21-12+,22-19+. The smallest absolute Gasteiger partial charge is 0.0562 e. The molecule has 0 saturated carbocycles. The van der Waals surface area contributed by atoms with Crippen molar-refractivity contribution in [1.82, 2.24) is 4.90 Å². The minimum Gasteiger partial charge on any atom is -0.317 e. The maximum absolute atomic E-state index is 4.17. The van der Waals surface area contributed by atoms with Crippen LogP contribution < -0.4 is 0 Å². The lowest BCUT2D eigenvalue weighted by Gasteiger charge is -2.29. The van der Waals surface area contributed by atoms with E-state index >= 15 is 0 Å². The van der Waals surface area contributed by atoms with Crippen molar-refractivity contribution in [2.45, 2.75) is 13.8 Å². The first-order valence-corrected chi connectivity index (χ1v) is 7.74. The summed E-state index contributed by atoms with van der Waals surface area (Å²) in [6.45, 7) is 12.2. The summed E-state index contributed by atoms with van der Waals surface area (Å²) in [7, 11) is 0. The van der Waals surface area contributed by atoms with Gasteiger partial charge in [0.05, 0.1) is 5.70 Å². The first-order chi connectivity index (χ1) is 11.2. The number of nitrogens with zero attached hydrogens (tertiary/aromatic N) is 1. The van der Waals surface area contributed by atoms with E-state index in [1.54, 1.807) is 0 Å². The van der Waals surface area contributed by atoms with Crippen LogP contribution in [0.3, 0.4) is 0 Å². The number of hydrogen-bond donors (Lipinski definition) is 0. The third-order valence-corrected chi connectivity index (χ3v) is 3.66. The van der Waals surface area contributed by atoms with Crippen LogP contribution in [0.4, 0.5) is 0 Å². The Kier molecular flexibility index (Phi) is 5.76. The molecule has 0 bridgehead atoms. The zero-order valence-corrected chi connectivity index (χ0v) is 13.9. The Hall–Kier alpha value is -2.80. The molecule has 0 aromatic heterocycles. The van der Waals surface area contributed by atoms with Crippen molar-refractivity contribution in [3.8, 4) is 0 Å². The molecule has 2 rings (SSSR count). The summed E-state index contributed by atoms with van der Waals surface area (Å²) in [5.41, 5.74) is 5.54. The average molecular weight is 301 g/mol. The molecule has 116 valence electrons. The summed E-state index contributed by atoms with van der Waals surface area (Å²) in [6.07, 6.45) is 16.1. The second-order valence-corrected chi connectivity index (χ2v) is 5.26. The van der Waals surface area contributed by atoms with Gasteiger partial charge in [-0.2, -0.15) is 0 Å². The van der Waals surface area contributed by atoms with Crippen LogP contribution in [0.15, 0.2) is 109 Å². The van der Waals surface area contributed by atoms with Crippen molar-refractivity contribution < 1.29 is 0 Å². The highest BCUT2D eigenvalue weighted by atomic mass is 15.1. The summed E-state index contributed by atoms with van der Waals surface area (Å²) in [4.78, 5) is 2.12. The number of rotatable bonds is 5. The highest BCUT2D eigenvalue weighted by Gasteiger charge is 2.17. The van der Waals surface area contributed by atoms with E-state index in [-0.39, 0.29) is 0 Å². The van der Waals surface area contributed by atoms with Gasteiger partial charge in [-0.25, -0.2) is 0 Å². The Balaban J connectivity index is 2.67. The zero-order chi connectivity index (χ0) is 16.7. The van der Waals surface area contributed by atoms with Crippen molar-refractivity contribution in [3.05, 3.63) is 115 Å². The maximum Gasteiger partial charge on any atom is 0.0562 e. The summed E-state index contributed by atoms with van der Waals surface area (Å²) in [5.74, 6) is 0. The van der Waals surface area contributed by atoms with E-state index in [4.69, 9.17) is 0 Å². The van der Waals surface area contributed by atoms with E-state index < -0.39 is 0 Å². The van der Waals surface area contributed by atoms with Gasteiger partial charge in [0.15, 0.2) is 0 Å². The summed E-state index contributed by atoms with van der Waals surface area (Å²) >= 11 is 0. The Bertz CT molecular complexity index is 724. The SMILES string of the molecule is C=C/C=C(\C=C/C)C(=C(/C)c1ccccc1)/N1C=CC=CC1=C. The van der Waals surface area contributed by atoms with Gasteiger partial charge in [-0.05, 0) is 42.7 Å². The molecular weight excluding hydrogens is 278 g/mol. The predicted octanol–water partition coefficient (Wildman–Crippen LogP) is 6.01. The van der Waals surface area contributed by atoms with Crippen LogP contribution in [0.5, 0.6) is 0 Å². The van der Waals surface area contributed by atoms with Crippen LogP contribution in [0, 0.1) is 0 Å². The van der Waals surface area contributed by atoms with Crippen LogP contribution in [0.2, 0.25) is 0 Å². The normalized spacial score (nSPS) is 16.0. The van der Waals surface area contributed by atoms with Gasteiger partial charge >= 0.3 is 0 Å². The second kappa shape index (κ2) is 8.00. The Labute approximate surface area is 139 Å². The fourth-order valence-corrected chi connectivity index (χ4v) is 2.58. The van der Waals surface area contributed by atoms with Gasteiger partial charge in [-0.1, -0.05) is 73.9 Å². The van der Waals surface area contributed by atoms with Gasteiger partial charge in [0.2, 0.25) is 0 Å². The molecule has 1 heteroatoms. The molecule has 0 aliphatic carbocycles. The molecule has 0 unspecified atom stereocenters. The fourth-order valence-electron chi connectivity index (χ4n) is 2.58. The molecule has 0 fully saturated rings. The van der Waals surface area contributed by atoms with Crippen LogP contribution in [0.25, 0.3) is 5.57 Å². The van der Waals surface area contributed by atoms with E-state index in [9.17, 15) is 0 Å². The van der Waals surface area contributed by atoms with Crippen LogP contribution in [-0.4, -0.2) is 4.90 Å².